The Hall–Kier alpha value is -0.840. The normalized spacial score (nSPS) is 17.9. The lowest BCUT2D eigenvalue weighted by atomic mass is 10.1. The predicted molar refractivity (Wildman–Crippen MR) is 76.6 cm³/mol. The van der Waals surface area contributed by atoms with Gasteiger partial charge in [-0.05, 0) is 50.0 Å². The summed E-state index contributed by atoms with van der Waals surface area (Å²) in [5, 5.41) is 6.30. The van der Waals surface area contributed by atoms with Crippen molar-refractivity contribution >= 4 is 29.9 Å². The summed E-state index contributed by atoms with van der Waals surface area (Å²) < 4.78 is 13.5. The number of hydrogen-bond acceptors (Lipinski definition) is 2. The van der Waals surface area contributed by atoms with Gasteiger partial charge in [-0.25, -0.2) is 4.39 Å². The first kappa shape index (κ1) is 16.2. The van der Waals surface area contributed by atoms with Crippen LogP contribution >= 0.6 is 24.0 Å². The van der Waals surface area contributed by atoms with Crippen molar-refractivity contribution in [2.45, 2.75) is 12.8 Å². The first-order chi connectivity index (χ1) is 8.66. The topological polar surface area (TPSA) is 41.1 Å². The second-order valence-electron chi connectivity index (χ2n) is 4.53. The van der Waals surface area contributed by atoms with E-state index in [9.17, 15) is 9.18 Å². The van der Waals surface area contributed by atoms with Crippen LogP contribution in [0.25, 0.3) is 0 Å². The molecular weight excluding hydrogens is 290 g/mol. The molecule has 6 heteroatoms. The van der Waals surface area contributed by atoms with E-state index in [-0.39, 0.29) is 23.9 Å². The Balaban J connectivity index is 0.00000180. The molecule has 1 heterocycles. The van der Waals surface area contributed by atoms with Crippen molar-refractivity contribution < 1.29 is 9.18 Å². The van der Waals surface area contributed by atoms with E-state index in [1.54, 1.807) is 0 Å². The SMILES string of the molecule is Cl.O=C(NCCC1CCNC1)c1ccc(Cl)cc1F. The highest BCUT2D eigenvalue weighted by molar-refractivity contribution is 6.30. The molecule has 1 aliphatic heterocycles. The van der Waals surface area contributed by atoms with E-state index >= 15 is 0 Å². The van der Waals surface area contributed by atoms with Gasteiger partial charge in [0.2, 0.25) is 0 Å². The molecule has 1 aromatic carbocycles. The molecule has 2 N–H and O–H groups in total. The molecule has 1 amide bonds. The number of halogens is 3. The molecule has 3 nitrogen and oxygen atoms in total. The molecular formula is C13H17Cl2FN2O. The zero-order valence-corrected chi connectivity index (χ0v) is 12.0. The zero-order valence-electron chi connectivity index (χ0n) is 10.4. The van der Waals surface area contributed by atoms with Gasteiger partial charge >= 0.3 is 0 Å². The molecule has 106 valence electrons. The van der Waals surface area contributed by atoms with Gasteiger partial charge in [0, 0.05) is 11.6 Å². The molecule has 1 unspecified atom stereocenters. The van der Waals surface area contributed by atoms with Gasteiger partial charge in [0.15, 0.2) is 0 Å². The molecule has 2 rings (SSSR count). The molecule has 0 radical (unpaired) electrons. The van der Waals surface area contributed by atoms with E-state index in [0.29, 0.717) is 17.5 Å². The number of carbonyl (C=O) groups is 1. The van der Waals surface area contributed by atoms with Crippen LogP contribution in [-0.2, 0) is 0 Å². The zero-order chi connectivity index (χ0) is 13.0. The molecule has 0 aliphatic carbocycles. The summed E-state index contributed by atoms with van der Waals surface area (Å²) in [4.78, 5) is 11.7. The fourth-order valence-electron chi connectivity index (χ4n) is 2.12. The monoisotopic (exact) mass is 306 g/mol. The largest absolute Gasteiger partial charge is 0.352 e. The van der Waals surface area contributed by atoms with Crippen LogP contribution in [0.4, 0.5) is 4.39 Å². The van der Waals surface area contributed by atoms with Gasteiger partial charge in [0.1, 0.15) is 5.82 Å². The molecule has 0 spiro atoms. The highest BCUT2D eigenvalue weighted by Crippen LogP contribution is 2.15. The van der Waals surface area contributed by atoms with Gasteiger partial charge in [-0.2, -0.15) is 0 Å². The maximum atomic E-state index is 13.5. The van der Waals surface area contributed by atoms with Gasteiger partial charge in [-0.15, -0.1) is 12.4 Å². The molecule has 1 fully saturated rings. The van der Waals surface area contributed by atoms with Crippen molar-refractivity contribution in [3.8, 4) is 0 Å². The van der Waals surface area contributed by atoms with E-state index < -0.39 is 5.82 Å². The van der Waals surface area contributed by atoms with E-state index in [1.807, 2.05) is 0 Å². The van der Waals surface area contributed by atoms with Crippen molar-refractivity contribution in [3.63, 3.8) is 0 Å². The molecule has 0 saturated carbocycles. The van der Waals surface area contributed by atoms with Gasteiger partial charge in [0.25, 0.3) is 5.91 Å². The molecule has 1 saturated heterocycles. The van der Waals surface area contributed by atoms with E-state index in [0.717, 1.165) is 32.0 Å². The molecule has 0 aromatic heterocycles. The second-order valence-corrected chi connectivity index (χ2v) is 4.96. The number of amides is 1. The first-order valence-electron chi connectivity index (χ1n) is 6.11. The number of rotatable bonds is 4. The average molecular weight is 307 g/mol. The minimum absolute atomic E-state index is 0. The minimum atomic E-state index is -0.581. The summed E-state index contributed by atoms with van der Waals surface area (Å²) in [5.74, 6) is -0.349. The number of carbonyl (C=O) groups excluding carboxylic acids is 1. The predicted octanol–water partition coefficient (Wildman–Crippen LogP) is 2.63. The van der Waals surface area contributed by atoms with E-state index in [4.69, 9.17) is 11.6 Å². The van der Waals surface area contributed by atoms with Crippen LogP contribution in [-0.4, -0.2) is 25.5 Å². The number of benzene rings is 1. The van der Waals surface area contributed by atoms with Crippen molar-refractivity contribution in [1.29, 1.82) is 0 Å². The smallest absolute Gasteiger partial charge is 0.254 e. The quantitative estimate of drug-likeness (QED) is 0.898. The average Bonchev–Trinajstić information content (AvgIpc) is 2.81. The third-order valence-corrected chi connectivity index (χ3v) is 3.41. The molecule has 1 atom stereocenters. The third-order valence-electron chi connectivity index (χ3n) is 3.18. The fourth-order valence-corrected chi connectivity index (χ4v) is 2.28. The van der Waals surface area contributed by atoms with Crippen LogP contribution in [0.3, 0.4) is 0 Å². The second kappa shape index (κ2) is 7.68. The van der Waals surface area contributed by atoms with Crippen LogP contribution in [0, 0.1) is 11.7 Å². The summed E-state index contributed by atoms with van der Waals surface area (Å²) in [7, 11) is 0. The Labute approximate surface area is 123 Å². The first-order valence-corrected chi connectivity index (χ1v) is 6.48. The van der Waals surface area contributed by atoms with Gasteiger partial charge in [-0.1, -0.05) is 11.6 Å². The van der Waals surface area contributed by atoms with Gasteiger partial charge in [-0.3, -0.25) is 4.79 Å². The Morgan fingerprint density at radius 1 is 1.53 bits per heavy atom. The highest BCUT2D eigenvalue weighted by Gasteiger charge is 2.15. The summed E-state index contributed by atoms with van der Waals surface area (Å²) >= 11 is 5.63. The van der Waals surface area contributed by atoms with Gasteiger partial charge < -0.3 is 10.6 Å². The van der Waals surface area contributed by atoms with E-state index in [2.05, 4.69) is 10.6 Å². The summed E-state index contributed by atoms with van der Waals surface area (Å²) in [6, 6.07) is 4.07. The highest BCUT2D eigenvalue weighted by atomic mass is 35.5. The molecule has 19 heavy (non-hydrogen) atoms. The minimum Gasteiger partial charge on any atom is -0.352 e. The number of hydrogen-bond donors (Lipinski definition) is 2. The lowest BCUT2D eigenvalue weighted by Crippen LogP contribution is -2.27. The summed E-state index contributed by atoms with van der Waals surface area (Å²) in [6.07, 6.45) is 2.07. The molecule has 0 bridgehead atoms. The summed E-state index contributed by atoms with van der Waals surface area (Å²) in [5.41, 5.74) is 0.0453. The maximum Gasteiger partial charge on any atom is 0.254 e. The molecule has 1 aromatic rings. The Morgan fingerprint density at radius 3 is 2.95 bits per heavy atom. The van der Waals surface area contributed by atoms with Crippen LogP contribution in [0.2, 0.25) is 5.02 Å². The van der Waals surface area contributed by atoms with Crippen molar-refractivity contribution in [2.75, 3.05) is 19.6 Å². The fraction of sp³-hybridized carbons (Fsp3) is 0.462. The van der Waals surface area contributed by atoms with Crippen molar-refractivity contribution in [1.82, 2.24) is 10.6 Å². The number of nitrogens with one attached hydrogen (secondary N) is 2. The Kier molecular flexibility index (Phi) is 6.55. The Morgan fingerprint density at radius 2 is 2.32 bits per heavy atom. The van der Waals surface area contributed by atoms with Crippen LogP contribution < -0.4 is 10.6 Å². The van der Waals surface area contributed by atoms with Crippen molar-refractivity contribution in [2.24, 2.45) is 5.92 Å². The summed E-state index contributed by atoms with van der Waals surface area (Å²) in [6.45, 7) is 2.63. The maximum absolute atomic E-state index is 13.5. The van der Waals surface area contributed by atoms with Crippen LogP contribution in [0.15, 0.2) is 18.2 Å². The standard InChI is InChI=1S/C13H16ClFN2O.ClH/c14-10-1-2-11(12(15)7-10)13(18)17-6-4-9-3-5-16-8-9;/h1-2,7,9,16H,3-6,8H2,(H,17,18);1H. The van der Waals surface area contributed by atoms with Crippen molar-refractivity contribution in [3.05, 3.63) is 34.6 Å². The molecule has 1 aliphatic rings. The lowest BCUT2D eigenvalue weighted by molar-refractivity contribution is 0.0947. The lowest BCUT2D eigenvalue weighted by Gasteiger charge is -2.09. The van der Waals surface area contributed by atoms with Crippen LogP contribution in [0.5, 0.6) is 0 Å². The van der Waals surface area contributed by atoms with E-state index in [1.165, 1.54) is 12.1 Å². The Bertz CT molecular complexity index is 437. The third kappa shape index (κ3) is 4.64. The van der Waals surface area contributed by atoms with Crippen LogP contribution in [0.1, 0.15) is 23.2 Å². The van der Waals surface area contributed by atoms with Gasteiger partial charge in [0.05, 0.1) is 5.56 Å².